The molecule has 1 amide bonds. The first kappa shape index (κ1) is 20.6. The summed E-state index contributed by atoms with van der Waals surface area (Å²) >= 11 is 1.47. The van der Waals surface area contributed by atoms with Crippen LogP contribution in [0.3, 0.4) is 0 Å². The van der Waals surface area contributed by atoms with Crippen LogP contribution in [0.4, 0.5) is 4.79 Å². The quantitative estimate of drug-likeness (QED) is 0.637. The molecule has 2 aromatic heterocycles. The smallest absolute Gasteiger partial charge is 0.407 e. The third-order valence-electron chi connectivity index (χ3n) is 5.73. The van der Waals surface area contributed by atoms with Crippen molar-refractivity contribution in [2.45, 2.75) is 58.5 Å². The van der Waals surface area contributed by atoms with Crippen molar-refractivity contribution in [1.82, 2.24) is 14.9 Å². The number of aryl methyl sites for hydroxylation is 2. The van der Waals surface area contributed by atoms with Gasteiger partial charge in [0.25, 0.3) is 5.56 Å². The molecule has 1 aliphatic rings. The molecule has 6 nitrogen and oxygen atoms in total. The van der Waals surface area contributed by atoms with E-state index < -0.39 is 6.09 Å². The van der Waals surface area contributed by atoms with E-state index in [0.29, 0.717) is 5.39 Å². The van der Waals surface area contributed by atoms with Crippen molar-refractivity contribution in [2.24, 2.45) is 0 Å². The predicted molar refractivity (Wildman–Crippen MR) is 120 cm³/mol. The van der Waals surface area contributed by atoms with Gasteiger partial charge in [0.1, 0.15) is 11.4 Å². The Bertz CT molecular complexity index is 1110. The molecule has 0 bridgehead atoms. The summed E-state index contributed by atoms with van der Waals surface area (Å²) in [5.74, 6) is 0. The second-order valence-electron chi connectivity index (χ2n) is 8.01. The first-order valence-electron chi connectivity index (χ1n) is 10.5. The molecular formula is C23H27N3O3S. The zero-order valence-electron chi connectivity index (χ0n) is 17.4. The van der Waals surface area contributed by atoms with Gasteiger partial charge in [-0.2, -0.15) is 0 Å². The van der Waals surface area contributed by atoms with E-state index in [9.17, 15) is 9.59 Å². The van der Waals surface area contributed by atoms with Crippen molar-refractivity contribution in [3.63, 3.8) is 0 Å². The molecule has 0 saturated heterocycles. The van der Waals surface area contributed by atoms with Gasteiger partial charge in [0.15, 0.2) is 0 Å². The molecule has 4 rings (SSSR count). The fourth-order valence-electron chi connectivity index (χ4n) is 4.13. The Morgan fingerprint density at radius 1 is 1.23 bits per heavy atom. The van der Waals surface area contributed by atoms with Gasteiger partial charge in [0, 0.05) is 17.0 Å². The normalized spacial score (nSPS) is 14.7. The van der Waals surface area contributed by atoms with Crippen LogP contribution in [-0.4, -0.2) is 28.3 Å². The van der Waals surface area contributed by atoms with Crippen LogP contribution in [-0.2, 0) is 11.3 Å². The van der Waals surface area contributed by atoms with Gasteiger partial charge in [-0.05, 0) is 37.8 Å². The fraction of sp³-hybridized carbons (Fsp3) is 0.435. The molecule has 1 fully saturated rings. The number of thiophene rings is 1. The molecule has 1 saturated carbocycles. The van der Waals surface area contributed by atoms with Gasteiger partial charge in [-0.3, -0.25) is 9.36 Å². The van der Waals surface area contributed by atoms with E-state index in [1.54, 1.807) is 0 Å². The minimum absolute atomic E-state index is 0.104. The molecule has 0 spiro atoms. The Morgan fingerprint density at radius 3 is 2.80 bits per heavy atom. The van der Waals surface area contributed by atoms with E-state index >= 15 is 0 Å². The van der Waals surface area contributed by atoms with Gasteiger partial charge in [0.2, 0.25) is 0 Å². The minimum Gasteiger partial charge on any atom is -0.448 e. The average Bonchev–Trinajstić information content (AvgIpc) is 3.15. The SMILES string of the molecule is Cc1ccc(-c2csc3ncn(CCOC(=O)NC4CCCCC4)c(=O)c23)c(C)c1. The molecule has 1 aromatic carbocycles. The van der Waals surface area contributed by atoms with E-state index in [4.69, 9.17) is 4.74 Å². The molecule has 1 aliphatic carbocycles. The standard InChI is InChI=1S/C23H27N3O3S/c1-15-8-9-18(16(2)12-15)19-13-30-21-20(19)22(27)26(14-24-21)10-11-29-23(28)25-17-6-4-3-5-7-17/h8-9,12-14,17H,3-7,10-11H2,1-2H3,(H,25,28). The summed E-state index contributed by atoms with van der Waals surface area (Å²) < 4.78 is 6.83. The summed E-state index contributed by atoms with van der Waals surface area (Å²) in [6.07, 6.45) is 6.68. The number of amides is 1. The van der Waals surface area contributed by atoms with Crippen LogP contribution in [0.1, 0.15) is 43.2 Å². The molecule has 7 heteroatoms. The molecular weight excluding hydrogens is 398 g/mol. The highest BCUT2D eigenvalue weighted by molar-refractivity contribution is 7.17. The zero-order valence-corrected chi connectivity index (χ0v) is 18.3. The molecule has 1 N–H and O–H groups in total. The predicted octanol–water partition coefficient (Wildman–Crippen LogP) is 4.80. The second kappa shape index (κ2) is 9.00. The number of aromatic nitrogens is 2. The molecule has 0 radical (unpaired) electrons. The average molecular weight is 426 g/mol. The molecule has 158 valence electrons. The maximum Gasteiger partial charge on any atom is 0.407 e. The van der Waals surface area contributed by atoms with Crippen LogP contribution in [0.15, 0.2) is 34.7 Å². The van der Waals surface area contributed by atoms with E-state index in [1.807, 2.05) is 5.38 Å². The maximum absolute atomic E-state index is 13.1. The topological polar surface area (TPSA) is 73.2 Å². The number of fused-ring (bicyclic) bond motifs is 1. The fourth-order valence-corrected chi connectivity index (χ4v) is 5.03. The number of hydrogen-bond donors (Lipinski definition) is 1. The monoisotopic (exact) mass is 425 g/mol. The number of benzene rings is 1. The Kier molecular flexibility index (Phi) is 6.18. The van der Waals surface area contributed by atoms with Gasteiger partial charge >= 0.3 is 6.09 Å². The highest BCUT2D eigenvalue weighted by Gasteiger charge is 2.17. The van der Waals surface area contributed by atoms with Crippen LogP contribution >= 0.6 is 11.3 Å². The summed E-state index contributed by atoms with van der Waals surface area (Å²) in [6.45, 7) is 4.53. The van der Waals surface area contributed by atoms with Crippen molar-refractivity contribution < 1.29 is 9.53 Å². The third kappa shape index (κ3) is 4.41. The number of rotatable bonds is 5. The number of alkyl carbamates (subject to hydrolysis) is 1. The highest BCUT2D eigenvalue weighted by atomic mass is 32.1. The summed E-state index contributed by atoms with van der Waals surface area (Å²) in [5.41, 5.74) is 4.18. The van der Waals surface area contributed by atoms with Crippen LogP contribution in [0.2, 0.25) is 0 Å². The first-order chi connectivity index (χ1) is 14.5. The number of nitrogens with one attached hydrogen (secondary N) is 1. The van der Waals surface area contributed by atoms with E-state index in [2.05, 4.69) is 42.3 Å². The first-order valence-corrected chi connectivity index (χ1v) is 11.4. The lowest BCUT2D eigenvalue weighted by molar-refractivity contribution is 0.135. The molecule has 2 heterocycles. The van der Waals surface area contributed by atoms with E-state index in [0.717, 1.165) is 47.2 Å². The minimum atomic E-state index is -0.407. The maximum atomic E-state index is 13.1. The largest absolute Gasteiger partial charge is 0.448 e. The van der Waals surface area contributed by atoms with E-state index in [-0.39, 0.29) is 24.8 Å². The molecule has 0 atom stereocenters. The molecule has 30 heavy (non-hydrogen) atoms. The van der Waals surface area contributed by atoms with Crippen LogP contribution in [0, 0.1) is 13.8 Å². The summed E-state index contributed by atoms with van der Waals surface area (Å²) in [5, 5.41) is 5.55. The number of nitrogens with zero attached hydrogens (tertiary/aromatic N) is 2. The number of ether oxygens (including phenoxy) is 1. The van der Waals surface area contributed by atoms with Crippen LogP contribution < -0.4 is 10.9 Å². The lowest BCUT2D eigenvalue weighted by Gasteiger charge is -2.22. The van der Waals surface area contributed by atoms with Gasteiger partial charge in [-0.1, -0.05) is 43.0 Å². The number of hydrogen-bond acceptors (Lipinski definition) is 5. The Labute approximate surface area is 179 Å². The van der Waals surface area contributed by atoms with Crippen molar-refractivity contribution in [3.8, 4) is 11.1 Å². The number of carbonyl (C=O) groups is 1. The van der Waals surface area contributed by atoms with Crippen molar-refractivity contribution in [3.05, 3.63) is 51.4 Å². The van der Waals surface area contributed by atoms with Gasteiger partial charge in [-0.15, -0.1) is 11.3 Å². The molecule has 0 aliphatic heterocycles. The lowest BCUT2D eigenvalue weighted by Crippen LogP contribution is -2.37. The Balaban J connectivity index is 1.48. The number of carbonyl (C=O) groups excluding carboxylic acids is 1. The Morgan fingerprint density at radius 2 is 2.03 bits per heavy atom. The second-order valence-corrected chi connectivity index (χ2v) is 8.86. The van der Waals surface area contributed by atoms with Gasteiger partial charge in [0.05, 0.1) is 18.3 Å². The summed E-state index contributed by atoms with van der Waals surface area (Å²) in [4.78, 5) is 30.3. The van der Waals surface area contributed by atoms with Gasteiger partial charge in [-0.25, -0.2) is 9.78 Å². The molecule has 0 unspecified atom stereocenters. The highest BCUT2D eigenvalue weighted by Crippen LogP contribution is 2.33. The lowest BCUT2D eigenvalue weighted by atomic mass is 9.96. The molecule has 3 aromatic rings. The van der Waals surface area contributed by atoms with E-state index in [1.165, 1.54) is 34.2 Å². The zero-order chi connectivity index (χ0) is 21.1. The van der Waals surface area contributed by atoms with Gasteiger partial charge < -0.3 is 10.1 Å². The van der Waals surface area contributed by atoms with Crippen molar-refractivity contribution in [2.75, 3.05) is 6.61 Å². The van der Waals surface area contributed by atoms with Crippen LogP contribution in [0.25, 0.3) is 21.3 Å². The van der Waals surface area contributed by atoms with Crippen molar-refractivity contribution >= 4 is 27.6 Å². The van der Waals surface area contributed by atoms with Crippen molar-refractivity contribution in [1.29, 1.82) is 0 Å². The third-order valence-corrected chi connectivity index (χ3v) is 6.61. The van der Waals surface area contributed by atoms with Crippen LogP contribution in [0.5, 0.6) is 0 Å². The summed E-state index contributed by atoms with van der Waals surface area (Å²) in [6, 6.07) is 6.44. The Hall–Kier alpha value is -2.67. The summed E-state index contributed by atoms with van der Waals surface area (Å²) in [7, 11) is 0.